The Morgan fingerprint density at radius 2 is 2.44 bits per heavy atom. The third kappa shape index (κ3) is 1.78. The number of ether oxygens (including phenoxy) is 1. The number of carbonyl (C=O) groups excluding carboxylic acids is 1. The Morgan fingerprint density at radius 1 is 1.61 bits per heavy atom. The zero-order chi connectivity index (χ0) is 12.8. The van der Waals surface area contributed by atoms with Crippen LogP contribution in [0.25, 0.3) is 11.0 Å². The summed E-state index contributed by atoms with van der Waals surface area (Å²) in [6.07, 6.45) is 5.15. The van der Waals surface area contributed by atoms with Crippen molar-refractivity contribution in [1.29, 1.82) is 0 Å². The van der Waals surface area contributed by atoms with Crippen LogP contribution in [0.4, 0.5) is 0 Å². The molecule has 1 atom stereocenters. The highest BCUT2D eigenvalue weighted by Gasteiger charge is 2.39. The number of nitrogens with one attached hydrogen (secondary N) is 1. The second-order valence-electron chi connectivity index (χ2n) is 4.76. The maximum atomic E-state index is 12.6. The van der Waals surface area contributed by atoms with Gasteiger partial charge >= 0.3 is 0 Å². The van der Waals surface area contributed by atoms with Crippen LogP contribution in [-0.4, -0.2) is 28.0 Å². The van der Waals surface area contributed by atoms with Crippen LogP contribution in [0.3, 0.4) is 0 Å². The zero-order valence-corrected chi connectivity index (χ0v) is 11.6. The van der Waals surface area contributed by atoms with E-state index in [0.717, 1.165) is 28.3 Å². The number of hydrogen-bond acceptors (Lipinski definition) is 3. The summed E-state index contributed by atoms with van der Waals surface area (Å²) in [6, 6.07) is 1.91. The first kappa shape index (κ1) is 11.9. The molecule has 0 bridgehead atoms. The molecule has 0 aliphatic carbocycles. The fraction of sp³-hybridized carbons (Fsp3) is 0.385. The molecular weight excluding hydrogens is 296 g/mol. The van der Waals surface area contributed by atoms with Gasteiger partial charge in [0.15, 0.2) is 5.78 Å². The number of pyridine rings is 1. The monoisotopic (exact) mass is 308 g/mol. The van der Waals surface area contributed by atoms with Gasteiger partial charge in [-0.25, -0.2) is 4.98 Å². The van der Waals surface area contributed by atoms with Gasteiger partial charge in [0, 0.05) is 34.4 Å². The van der Waals surface area contributed by atoms with Crippen molar-refractivity contribution in [2.24, 2.45) is 0 Å². The van der Waals surface area contributed by atoms with E-state index in [2.05, 4.69) is 25.9 Å². The van der Waals surface area contributed by atoms with Crippen molar-refractivity contribution < 1.29 is 9.53 Å². The van der Waals surface area contributed by atoms with Gasteiger partial charge in [-0.3, -0.25) is 4.79 Å². The number of Topliss-reactive ketones (excluding diaryl/α,β-unsaturated/α-hetero) is 1. The van der Waals surface area contributed by atoms with Crippen molar-refractivity contribution in [2.75, 3.05) is 6.61 Å². The van der Waals surface area contributed by atoms with Crippen molar-refractivity contribution in [3.05, 3.63) is 28.5 Å². The largest absolute Gasteiger partial charge is 0.367 e. The lowest BCUT2D eigenvalue weighted by atomic mass is 9.92. The van der Waals surface area contributed by atoms with Gasteiger partial charge < -0.3 is 9.72 Å². The molecule has 1 aliphatic heterocycles. The first-order valence-corrected chi connectivity index (χ1v) is 6.71. The van der Waals surface area contributed by atoms with Crippen LogP contribution in [0.15, 0.2) is 22.9 Å². The minimum Gasteiger partial charge on any atom is -0.367 e. The molecule has 2 aromatic heterocycles. The Morgan fingerprint density at radius 3 is 3.17 bits per heavy atom. The minimum atomic E-state index is -0.683. The van der Waals surface area contributed by atoms with E-state index >= 15 is 0 Å². The first-order valence-electron chi connectivity index (χ1n) is 5.91. The Balaban J connectivity index is 2.09. The highest BCUT2D eigenvalue weighted by Crippen LogP contribution is 2.31. The number of H-pyrrole nitrogens is 1. The van der Waals surface area contributed by atoms with Crippen LogP contribution in [0.1, 0.15) is 30.1 Å². The molecule has 1 saturated heterocycles. The Hall–Kier alpha value is -1.20. The van der Waals surface area contributed by atoms with E-state index in [1.165, 1.54) is 0 Å². The number of fused-ring (bicyclic) bond motifs is 1. The van der Waals surface area contributed by atoms with Crippen LogP contribution < -0.4 is 0 Å². The Labute approximate surface area is 113 Å². The summed E-state index contributed by atoms with van der Waals surface area (Å²) in [5.41, 5.74) is 0.698. The summed E-state index contributed by atoms with van der Waals surface area (Å²) in [4.78, 5) is 19.8. The molecular formula is C13H13BrN2O2. The molecule has 94 valence electrons. The number of aromatic nitrogens is 2. The predicted octanol–water partition coefficient (Wildman–Crippen LogP) is 3.08. The number of hydrogen-bond donors (Lipinski definition) is 1. The topological polar surface area (TPSA) is 55.0 Å². The van der Waals surface area contributed by atoms with Gasteiger partial charge in [-0.15, -0.1) is 0 Å². The fourth-order valence-corrected chi connectivity index (χ4v) is 2.74. The number of rotatable bonds is 2. The molecule has 0 saturated carbocycles. The Kier molecular flexibility index (Phi) is 2.75. The van der Waals surface area contributed by atoms with E-state index in [-0.39, 0.29) is 5.78 Å². The normalized spacial score (nSPS) is 23.7. The van der Waals surface area contributed by atoms with E-state index in [1.54, 1.807) is 12.4 Å². The molecule has 1 unspecified atom stereocenters. The lowest BCUT2D eigenvalue weighted by Crippen LogP contribution is -2.34. The molecule has 1 N–H and O–H groups in total. The molecule has 3 heterocycles. The number of carbonyl (C=O) groups is 1. The maximum Gasteiger partial charge on any atom is 0.196 e. The molecule has 0 spiro atoms. The smallest absolute Gasteiger partial charge is 0.196 e. The van der Waals surface area contributed by atoms with E-state index in [1.807, 2.05) is 13.0 Å². The number of nitrogens with zero attached hydrogens (tertiary/aromatic N) is 1. The maximum absolute atomic E-state index is 12.6. The highest BCUT2D eigenvalue weighted by atomic mass is 79.9. The lowest BCUT2D eigenvalue weighted by Gasteiger charge is -2.20. The van der Waals surface area contributed by atoms with Crippen molar-refractivity contribution in [3.8, 4) is 0 Å². The van der Waals surface area contributed by atoms with E-state index < -0.39 is 5.60 Å². The van der Waals surface area contributed by atoms with Crippen molar-refractivity contribution >= 4 is 32.7 Å². The number of aromatic amines is 1. The molecule has 2 aromatic rings. The van der Waals surface area contributed by atoms with Gasteiger partial charge in [-0.1, -0.05) is 0 Å². The summed E-state index contributed by atoms with van der Waals surface area (Å²) in [5.74, 6) is 0.0335. The highest BCUT2D eigenvalue weighted by molar-refractivity contribution is 9.10. The second-order valence-corrected chi connectivity index (χ2v) is 5.68. The number of ketones is 1. The molecule has 0 aromatic carbocycles. The quantitative estimate of drug-likeness (QED) is 0.867. The molecule has 18 heavy (non-hydrogen) atoms. The van der Waals surface area contributed by atoms with E-state index in [0.29, 0.717) is 12.2 Å². The van der Waals surface area contributed by atoms with E-state index in [9.17, 15) is 4.79 Å². The SMILES string of the molecule is CC1(C(=O)c2c[nH]c3ncc(Br)cc23)CCCO1. The second kappa shape index (κ2) is 4.17. The van der Waals surface area contributed by atoms with Crippen LogP contribution in [0, 0.1) is 0 Å². The van der Waals surface area contributed by atoms with Gasteiger partial charge in [-0.2, -0.15) is 0 Å². The van der Waals surface area contributed by atoms with Crippen LogP contribution in [0.2, 0.25) is 0 Å². The van der Waals surface area contributed by atoms with Gasteiger partial charge in [0.05, 0.1) is 0 Å². The van der Waals surface area contributed by atoms with Crippen molar-refractivity contribution in [2.45, 2.75) is 25.4 Å². The minimum absolute atomic E-state index is 0.0335. The molecule has 0 amide bonds. The summed E-state index contributed by atoms with van der Waals surface area (Å²) in [6.45, 7) is 2.53. The number of halogens is 1. The summed E-state index contributed by atoms with van der Waals surface area (Å²) < 4.78 is 6.47. The first-order chi connectivity index (χ1) is 8.60. The fourth-order valence-electron chi connectivity index (χ4n) is 2.41. The molecule has 4 nitrogen and oxygen atoms in total. The summed E-state index contributed by atoms with van der Waals surface area (Å²) >= 11 is 3.38. The van der Waals surface area contributed by atoms with E-state index in [4.69, 9.17) is 4.74 Å². The average Bonchev–Trinajstić information content (AvgIpc) is 2.95. The predicted molar refractivity (Wildman–Crippen MR) is 71.7 cm³/mol. The van der Waals surface area contributed by atoms with Crippen molar-refractivity contribution in [1.82, 2.24) is 9.97 Å². The van der Waals surface area contributed by atoms with Crippen LogP contribution in [-0.2, 0) is 4.74 Å². The van der Waals surface area contributed by atoms with Crippen LogP contribution >= 0.6 is 15.9 Å². The lowest BCUT2D eigenvalue weighted by molar-refractivity contribution is 0.0215. The third-order valence-electron chi connectivity index (χ3n) is 3.44. The molecule has 0 radical (unpaired) electrons. The molecule has 5 heteroatoms. The summed E-state index contributed by atoms with van der Waals surface area (Å²) in [5, 5.41) is 0.839. The van der Waals surface area contributed by atoms with Crippen LogP contribution in [0.5, 0.6) is 0 Å². The Bertz CT molecular complexity index is 614. The summed E-state index contributed by atoms with van der Waals surface area (Å²) in [7, 11) is 0. The average molecular weight is 309 g/mol. The zero-order valence-electron chi connectivity index (χ0n) is 10.00. The standard InChI is InChI=1S/C13H13BrN2O2/c1-13(3-2-4-18-13)11(17)10-7-16-12-9(10)5-8(14)6-15-12/h5-7H,2-4H2,1H3,(H,15,16). The van der Waals surface area contributed by atoms with Gasteiger partial charge in [0.25, 0.3) is 0 Å². The third-order valence-corrected chi connectivity index (χ3v) is 3.88. The van der Waals surface area contributed by atoms with Gasteiger partial charge in [0.2, 0.25) is 0 Å². The van der Waals surface area contributed by atoms with Crippen molar-refractivity contribution in [3.63, 3.8) is 0 Å². The van der Waals surface area contributed by atoms with Gasteiger partial charge in [0.1, 0.15) is 11.2 Å². The van der Waals surface area contributed by atoms with Gasteiger partial charge in [-0.05, 0) is 41.8 Å². The molecule has 1 fully saturated rings. The molecule has 3 rings (SSSR count). The molecule has 1 aliphatic rings.